The van der Waals surface area contributed by atoms with E-state index in [0.717, 1.165) is 29.6 Å². The Kier molecular flexibility index (Phi) is 2.95. The van der Waals surface area contributed by atoms with E-state index in [0.29, 0.717) is 0 Å². The van der Waals surface area contributed by atoms with E-state index < -0.39 is 0 Å². The number of aryl methyl sites for hydroxylation is 1. The highest BCUT2D eigenvalue weighted by molar-refractivity contribution is 5.82. The van der Waals surface area contributed by atoms with E-state index in [4.69, 9.17) is 0 Å². The first-order chi connectivity index (χ1) is 7.76. The number of pyridine rings is 1. The highest BCUT2D eigenvalue weighted by Gasteiger charge is 2.02. The van der Waals surface area contributed by atoms with Crippen molar-refractivity contribution < 1.29 is 0 Å². The molecular weight excluding hydrogens is 200 g/mol. The van der Waals surface area contributed by atoms with E-state index in [2.05, 4.69) is 18.3 Å². The number of anilines is 1. The molecule has 3 nitrogen and oxygen atoms in total. The van der Waals surface area contributed by atoms with Gasteiger partial charge in [0.15, 0.2) is 0 Å². The van der Waals surface area contributed by atoms with Crippen molar-refractivity contribution >= 4 is 16.6 Å². The zero-order chi connectivity index (χ0) is 11.5. The van der Waals surface area contributed by atoms with Crippen molar-refractivity contribution in [2.24, 2.45) is 0 Å². The summed E-state index contributed by atoms with van der Waals surface area (Å²) < 4.78 is 1.83. The Morgan fingerprint density at radius 1 is 1.25 bits per heavy atom. The Labute approximate surface area is 94.7 Å². The summed E-state index contributed by atoms with van der Waals surface area (Å²) in [6.07, 6.45) is 0.965. The summed E-state index contributed by atoms with van der Waals surface area (Å²) in [5.41, 5.74) is 2.15. The lowest BCUT2D eigenvalue weighted by molar-refractivity contribution is 0.678. The molecule has 0 amide bonds. The van der Waals surface area contributed by atoms with E-state index in [9.17, 15) is 4.79 Å². The fourth-order valence-electron chi connectivity index (χ4n) is 1.91. The molecule has 2 aromatic rings. The lowest BCUT2D eigenvalue weighted by Gasteiger charge is -2.09. The van der Waals surface area contributed by atoms with Crippen LogP contribution in [0.2, 0.25) is 0 Å². The molecule has 84 valence electrons. The summed E-state index contributed by atoms with van der Waals surface area (Å²) in [6, 6.07) is 9.56. The molecule has 1 aromatic heterocycles. The van der Waals surface area contributed by atoms with Gasteiger partial charge in [-0.2, -0.15) is 0 Å². The minimum absolute atomic E-state index is 0.0755. The average Bonchev–Trinajstić information content (AvgIpc) is 2.32. The summed E-state index contributed by atoms with van der Waals surface area (Å²) in [7, 11) is 1.89. The van der Waals surface area contributed by atoms with Crippen LogP contribution in [0, 0.1) is 0 Å². The molecular formula is C13H16N2O. The highest BCUT2D eigenvalue weighted by Crippen LogP contribution is 2.17. The smallest absolute Gasteiger partial charge is 0.251 e. The van der Waals surface area contributed by atoms with Crippen molar-refractivity contribution in [3.8, 4) is 0 Å². The third kappa shape index (κ3) is 1.81. The molecule has 0 atom stereocenters. The number of hydrogen-bond acceptors (Lipinski definition) is 2. The molecule has 3 heteroatoms. The van der Waals surface area contributed by atoms with Crippen LogP contribution in [-0.4, -0.2) is 11.6 Å². The summed E-state index contributed by atoms with van der Waals surface area (Å²) in [5, 5.41) is 4.19. The standard InChI is InChI=1S/C13H16N2O/c1-3-8-15-12-6-5-11(14-2)9-10(12)4-7-13(15)16/h4-7,9,14H,3,8H2,1-2H3. The van der Waals surface area contributed by atoms with E-state index in [1.165, 1.54) is 0 Å². The molecule has 1 aromatic carbocycles. The SMILES string of the molecule is CCCn1c(=O)ccc2cc(NC)ccc21. The van der Waals surface area contributed by atoms with E-state index in [1.54, 1.807) is 6.07 Å². The number of nitrogens with zero attached hydrogens (tertiary/aromatic N) is 1. The van der Waals surface area contributed by atoms with Crippen molar-refractivity contribution in [1.29, 1.82) is 0 Å². The van der Waals surface area contributed by atoms with Crippen LogP contribution in [0.4, 0.5) is 5.69 Å². The van der Waals surface area contributed by atoms with Gasteiger partial charge < -0.3 is 9.88 Å². The van der Waals surface area contributed by atoms with Gasteiger partial charge in [0, 0.05) is 30.7 Å². The second-order valence-electron chi connectivity index (χ2n) is 3.85. The normalized spacial score (nSPS) is 10.6. The van der Waals surface area contributed by atoms with Crippen molar-refractivity contribution in [3.05, 3.63) is 40.7 Å². The molecule has 0 bridgehead atoms. The zero-order valence-corrected chi connectivity index (χ0v) is 9.66. The topological polar surface area (TPSA) is 34.0 Å². The maximum absolute atomic E-state index is 11.7. The van der Waals surface area contributed by atoms with E-state index >= 15 is 0 Å². The number of fused-ring (bicyclic) bond motifs is 1. The molecule has 0 aliphatic carbocycles. The highest BCUT2D eigenvalue weighted by atomic mass is 16.1. The Bertz CT molecular complexity index is 557. The maximum atomic E-state index is 11.7. The first kappa shape index (κ1) is 10.7. The third-order valence-electron chi connectivity index (χ3n) is 2.73. The first-order valence-electron chi connectivity index (χ1n) is 5.57. The van der Waals surface area contributed by atoms with Gasteiger partial charge >= 0.3 is 0 Å². The Hall–Kier alpha value is -1.77. The lowest BCUT2D eigenvalue weighted by Crippen LogP contribution is -2.18. The van der Waals surface area contributed by atoms with E-state index in [1.807, 2.05) is 29.8 Å². The quantitative estimate of drug-likeness (QED) is 0.855. The number of hydrogen-bond donors (Lipinski definition) is 1. The molecule has 1 N–H and O–H groups in total. The molecule has 0 radical (unpaired) electrons. The summed E-state index contributed by atoms with van der Waals surface area (Å²) in [4.78, 5) is 11.7. The minimum Gasteiger partial charge on any atom is -0.388 e. The number of aromatic nitrogens is 1. The molecule has 0 saturated carbocycles. The summed E-state index contributed by atoms with van der Waals surface area (Å²) >= 11 is 0. The minimum atomic E-state index is 0.0755. The molecule has 1 heterocycles. The maximum Gasteiger partial charge on any atom is 0.251 e. The second kappa shape index (κ2) is 4.39. The molecule has 2 rings (SSSR count). The third-order valence-corrected chi connectivity index (χ3v) is 2.73. The predicted octanol–water partition coefficient (Wildman–Crippen LogP) is 2.45. The predicted molar refractivity (Wildman–Crippen MR) is 68.0 cm³/mol. The Balaban J connectivity index is 2.68. The van der Waals surface area contributed by atoms with Gasteiger partial charge in [-0.1, -0.05) is 6.92 Å². The van der Waals surface area contributed by atoms with Gasteiger partial charge in [0.05, 0.1) is 5.52 Å². The fourth-order valence-corrected chi connectivity index (χ4v) is 1.91. The molecule has 0 spiro atoms. The van der Waals surface area contributed by atoms with Crippen molar-refractivity contribution in [3.63, 3.8) is 0 Å². The van der Waals surface area contributed by atoms with Crippen LogP contribution in [0.25, 0.3) is 10.9 Å². The van der Waals surface area contributed by atoms with E-state index in [-0.39, 0.29) is 5.56 Å². The van der Waals surface area contributed by atoms with Crippen LogP contribution in [0.1, 0.15) is 13.3 Å². The van der Waals surface area contributed by atoms with Gasteiger partial charge in [-0.15, -0.1) is 0 Å². The summed E-state index contributed by atoms with van der Waals surface area (Å²) in [6.45, 7) is 2.85. The van der Waals surface area contributed by atoms with Crippen molar-refractivity contribution in [2.45, 2.75) is 19.9 Å². The average molecular weight is 216 g/mol. The lowest BCUT2D eigenvalue weighted by atomic mass is 10.2. The number of nitrogens with one attached hydrogen (secondary N) is 1. The van der Waals surface area contributed by atoms with Crippen LogP contribution >= 0.6 is 0 Å². The van der Waals surface area contributed by atoms with Crippen LogP contribution < -0.4 is 10.9 Å². The monoisotopic (exact) mass is 216 g/mol. The van der Waals surface area contributed by atoms with Crippen LogP contribution in [0.15, 0.2) is 35.1 Å². The second-order valence-corrected chi connectivity index (χ2v) is 3.85. The Morgan fingerprint density at radius 2 is 2.06 bits per heavy atom. The van der Waals surface area contributed by atoms with Crippen LogP contribution in [0.3, 0.4) is 0 Å². The first-order valence-corrected chi connectivity index (χ1v) is 5.57. The fraction of sp³-hybridized carbons (Fsp3) is 0.308. The molecule has 0 unspecified atom stereocenters. The summed E-state index contributed by atoms with van der Waals surface area (Å²) in [5.74, 6) is 0. The number of rotatable bonds is 3. The van der Waals surface area contributed by atoms with Crippen LogP contribution in [0.5, 0.6) is 0 Å². The van der Waals surface area contributed by atoms with Crippen molar-refractivity contribution in [2.75, 3.05) is 12.4 Å². The molecule has 0 fully saturated rings. The molecule has 0 saturated heterocycles. The van der Waals surface area contributed by atoms with Crippen molar-refractivity contribution in [1.82, 2.24) is 4.57 Å². The zero-order valence-electron chi connectivity index (χ0n) is 9.66. The van der Waals surface area contributed by atoms with Gasteiger partial charge in [0.25, 0.3) is 5.56 Å². The molecule has 0 aliphatic rings. The van der Waals surface area contributed by atoms with Gasteiger partial charge in [0.2, 0.25) is 0 Å². The largest absolute Gasteiger partial charge is 0.388 e. The molecule has 0 aliphatic heterocycles. The number of benzene rings is 1. The van der Waals surface area contributed by atoms with Gasteiger partial charge in [0.1, 0.15) is 0 Å². The van der Waals surface area contributed by atoms with Gasteiger partial charge in [-0.05, 0) is 30.7 Å². The Morgan fingerprint density at radius 3 is 2.75 bits per heavy atom. The van der Waals surface area contributed by atoms with Crippen LogP contribution in [-0.2, 0) is 6.54 Å². The van der Waals surface area contributed by atoms with Gasteiger partial charge in [-0.25, -0.2) is 0 Å². The molecule has 16 heavy (non-hydrogen) atoms. The van der Waals surface area contributed by atoms with Gasteiger partial charge in [-0.3, -0.25) is 4.79 Å².